The van der Waals surface area contributed by atoms with Crippen LogP contribution in [0, 0.1) is 17.8 Å². The van der Waals surface area contributed by atoms with E-state index in [1.807, 2.05) is 0 Å². The van der Waals surface area contributed by atoms with Crippen molar-refractivity contribution in [3.63, 3.8) is 0 Å². The Hall–Kier alpha value is -0.980. The average molecular weight is 343 g/mol. The SMILES string of the molecule is CCCCOc1ccc(C2CCC(C3CCC(CC)CC3)CC2)cc1. The Morgan fingerprint density at radius 2 is 1.40 bits per heavy atom. The number of ether oxygens (including phenoxy) is 1. The lowest BCUT2D eigenvalue weighted by Crippen LogP contribution is -2.25. The zero-order chi connectivity index (χ0) is 17.5. The minimum atomic E-state index is 0.785. The highest BCUT2D eigenvalue weighted by Gasteiger charge is 2.30. The van der Waals surface area contributed by atoms with E-state index in [1.165, 1.54) is 69.8 Å². The molecule has 0 amide bonds. The van der Waals surface area contributed by atoms with Crippen LogP contribution in [0.5, 0.6) is 5.75 Å². The Morgan fingerprint density at radius 3 is 1.96 bits per heavy atom. The van der Waals surface area contributed by atoms with Gasteiger partial charge >= 0.3 is 0 Å². The summed E-state index contributed by atoms with van der Waals surface area (Å²) >= 11 is 0. The van der Waals surface area contributed by atoms with Gasteiger partial charge in [0.15, 0.2) is 0 Å². The summed E-state index contributed by atoms with van der Waals surface area (Å²) in [5, 5.41) is 0. The van der Waals surface area contributed by atoms with Crippen LogP contribution in [0.2, 0.25) is 0 Å². The first-order valence-corrected chi connectivity index (χ1v) is 11.0. The van der Waals surface area contributed by atoms with E-state index in [1.54, 1.807) is 0 Å². The number of benzene rings is 1. The molecule has 0 bridgehead atoms. The van der Waals surface area contributed by atoms with Crippen molar-refractivity contribution in [1.82, 2.24) is 0 Å². The quantitative estimate of drug-likeness (QED) is 0.470. The van der Waals surface area contributed by atoms with E-state index in [4.69, 9.17) is 4.74 Å². The first-order valence-electron chi connectivity index (χ1n) is 11.0. The van der Waals surface area contributed by atoms with E-state index in [9.17, 15) is 0 Å². The predicted octanol–water partition coefficient (Wildman–Crippen LogP) is 7.36. The Morgan fingerprint density at radius 1 is 0.800 bits per heavy atom. The summed E-state index contributed by atoms with van der Waals surface area (Å²) in [6, 6.07) is 9.00. The van der Waals surface area contributed by atoms with E-state index in [0.29, 0.717) is 0 Å². The van der Waals surface area contributed by atoms with E-state index >= 15 is 0 Å². The van der Waals surface area contributed by atoms with Crippen molar-refractivity contribution in [2.24, 2.45) is 17.8 Å². The molecule has 2 aliphatic carbocycles. The summed E-state index contributed by atoms with van der Waals surface area (Å²) in [7, 11) is 0. The molecular formula is C24H38O. The fourth-order valence-corrected chi connectivity index (χ4v) is 5.16. The van der Waals surface area contributed by atoms with E-state index in [2.05, 4.69) is 38.1 Å². The molecule has 2 fully saturated rings. The third kappa shape index (κ3) is 5.25. The highest BCUT2D eigenvalue weighted by Crippen LogP contribution is 2.44. The number of unbranched alkanes of at least 4 members (excludes halogenated alkanes) is 1. The van der Waals surface area contributed by atoms with Gasteiger partial charge in [0.05, 0.1) is 6.61 Å². The molecule has 1 aromatic carbocycles. The van der Waals surface area contributed by atoms with Crippen LogP contribution in [0.3, 0.4) is 0 Å². The van der Waals surface area contributed by atoms with Gasteiger partial charge in [0.25, 0.3) is 0 Å². The molecule has 25 heavy (non-hydrogen) atoms. The van der Waals surface area contributed by atoms with Gasteiger partial charge in [0.2, 0.25) is 0 Å². The van der Waals surface area contributed by atoms with Crippen LogP contribution in [0.4, 0.5) is 0 Å². The molecule has 2 aliphatic rings. The van der Waals surface area contributed by atoms with Crippen LogP contribution in [-0.2, 0) is 0 Å². The zero-order valence-electron chi connectivity index (χ0n) is 16.5. The maximum absolute atomic E-state index is 5.80. The van der Waals surface area contributed by atoms with Crippen molar-refractivity contribution in [3.05, 3.63) is 29.8 Å². The standard InChI is InChI=1S/C24H38O/c1-3-5-18-25-24-16-14-23(15-17-24)22-12-10-21(11-13-22)20-8-6-19(4-2)7-9-20/h14-17,19-22H,3-13,18H2,1-2H3. The van der Waals surface area contributed by atoms with Gasteiger partial charge in [-0.25, -0.2) is 0 Å². The summed E-state index contributed by atoms with van der Waals surface area (Å²) in [4.78, 5) is 0. The molecule has 2 saturated carbocycles. The lowest BCUT2D eigenvalue weighted by atomic mass is 9.68. The highest BCUT2D eigenvalue weighted by atomic mass is 16.5. The monoisotopic (exact) mass is 342 g/mol. The molecule has 140 valence electrons. The third-order valence-corrected chi connectivity index (χ3v) is 7.03. The second-order valence-corrected chi connectivity index (χ2v) is 8.57. The van der Waals surface area contributed by atoms with Gasteiger partial charge in [-0.2, -0.15) is 0 Å². The summed E-state index contributed by atoms with van der Waals surface area (Å²) < 4.78 is 5.80. The third-order valence-electron chi connectivity index (χ3n) is 7.03. The minimum Gasteiger partial charge on any atom is -0.494 e. The molecule has 0 unspecified atom stereocenters. The molecule has 0 aliphatic heterocycles. The molecule has 1 heteroatoms. The lowest BCUT2D eigenvalue weighted by Gasteiger charge is -2.38. The van der Waals surface area contributed by atoms with Gasteiger partial charge in [-0.05, 0) is 86.3 Å². The van der Waals surface area contributed by atoms with Gasteiger partial charge in [-0.1, -0.05) is 51.7 Å². The fourth-order valence-electron chi connectivity index (χ4n) is 5.16. The van der Waals surface area contributed by atoms with E-state index < -0.39 is 0 Å². The average Bonchev–Trinajstić information content (AvgIpc) is 2.69. The topological polar surface area (TPSA) is 9.23 Å². The molecule has 1 nitrogen and oxygen atoms in total. The zero-order valence-corrected chi connectivity index (χ0v) is 16.5. The van der Waals surface area contributed by atoms with Crippen molar-refractivity contribution in [2.75, 3.05) is 6.61 Å². The van der Waals surface area contributed by atoms with Crippen molar-refractivity contribution >= 4 is 0 Å². The molecule has 0 saturated heterocycles. The summed E-state index contributed by atoms with van der Waals surface area (Å²) in [5.41, 5.74) is 1.54. The molecule has 0 spiro atoms. The number of rotatable bonds is 7. The first kappa shape index (κ1) is 18.8. The van der Waals surface area contributed by atoms with Crippen molar-refractivity contribution in [3.8, 4) is 5.75 Å². The Bertz CT molecular complexity index is 475. The normalized spacial score (nSPS) is 30.2. The van der Waals surface area contributed by atoms with Gasteiger partial charge in [-0.3, -0.25) is 0 Å². The highest BCUT2D eigenvalue weighted by molar-refractivity contribution is 5.29. The molecule has 0 radical (unpaired) electrons. The summed E-state index contributed by atoms with van der Waals surface area (Å²) in [6.07, 6.45) is 15.5. The maximum Gasteiger partial charge on any atom is 0.119 e. The first-order chi connectivity index (χ1) is 12.3. The van der Waals surface area contributed by atoms with Gasteiger partial charge in [0, 0.05) is 0 Å². The lowest BCUT2D eigenvalue weighted by molar-refractivity contribution is 0.158. The Kier molecular flexibility index (Phi) is 7.25. The number of hydrogen-bond acceptors (Lipinski definition) is 1. The summed E-state index contributed by atoms with van der Waals surface area (Å²) in [5.74, 6) is 4.92. The van der Waals surface area contributed by atoms with Crippen LogP contribution in [-0.4, -0.2) is 6.61 Å². The van der Waals surface area contributed by atoms with Crippen LogP contribution >= 0.6 is 0 Å². The fraction of sp³-hybridized carbons (Fsp3) is 0.750. The second-order valence-electron chi connectivity index (χ2n) is 8.57. The Labute approximate surface area is 155 Å². The van der Waals surface area contributed by atoms with Gasteiger partial charge in [0.1, 0.15) is 5.75 Å². The molecular weight excluding hydrogens is 304 g/mol. The molecule has 1 aromatic rings. The van der Waals surface area contributed by atoms with E-state index in [-0.39, 0.29) is 0 Å². The molecule has 0 heterocycles. The van der Waals surface area contributed by atoms with Crippen molar-refractivity contribution in [1.29, 1.82) is 0 Å². The van der Waals surface area contributed by atoms with Gasteiger partial charge < -0.3 is 4.74 Å². The number of hydrogen-bond donors (Lipinski definition) is 0. The molecule has 3 rings (SSSR count). The predicted molar refractivity (Wildman–Crippen MR) is 107 cm³/mol. The Balaban J connectivity index is 1.44. The maximum atomic E-state index is 5.80. The van der Waals surface area contributed by atoms with E-state index in [0.717, 1.165) is 42.4 Å². The smallest absolute Gasteiger partial charge is 0.119 e. The molecule has 0 atom stereocenters. The van der Waals surface area contributed by atoms with Crippen LogP contribution in [0.15, 0.2) is 24.3 Å². The molecule has 0 aromatic heterocycles. The minimum absolute atomic E-state index is 0.785. The largest absolute Gasteiger partial charge is 0.494 e. The summed E-state index contributed by atoms with van der Waals surface area (Å²) in [6.45, 7) is 5.43. The van der Waals surface area contributed by atoms with Crippen LogP contribution in [0.1, 0.15) is 96.0 Å². The van der Waals surface area contributed by atoms with Crippen LogP contribution < -0.4 is 4.74 Å². The van der Waals surface area contributed by atoms with Crippen molar-refractivity contribution < 1.29 is 4.74 Å². The second kappa shape index (κ2) is 9.64. The van der Waals surface area contributed by atoms with Crippen molar-refractivity contribution in [2.45, 2.75) is 90.4 Å². The molecule has 0 N–H and O–H groups in total. The van der Waals surface area contributed by atoms with Crippen LogP contribution in [0.25, 0.3) is 0 Å². The van der Waals surface area contributed by atoms with Gasteiger partial charge in [-0.15, -0.1) is 0 Å².